The lowest BCUT2D eigenvalue weighted by Crippen LogP contribution is -2.27. The number of Topliss-reactive ketones (excluding diaryl/α,β-unsaturated/α-hetero) is 1. The van der Waals surface area contributed by atoms with Gasteiger partial charge in [0.05, 0.1) is 5.57 Å². The minimum absolute atomic E-state index is 0.0709. The van der Waals surface area contributed by atoms with Crippen LogP contribution in [0.3, 0.4) is 0 Å². The number of carbonyl (C=O) groups excluding carboxylic acids is 3. The van der Waals surface area contributed by atoms with Crippen LogP contribution in [-0.4, -0.2) is 30.4 Å². The number of esters is 1. The highest BCUT2D eigenvalue weighted by molar-refractivity contribution is 6.02. The summed E-state index contributed by atoms with van der Waals surface area (Å²) in [5, 5.41) is 2.76. The predicted octanol–water partition coefficient (Wildman–Crippen LogP) is 4.02. The van der Waals surface area contributed by atoms with Gasteiger partial charge in [0.15, 0.2) is 6.10 Å². The van der Waals surface area contributed by atoms with E-state index in [1.807, 2.05) is 31.2 Å². The van der Waals surface area contributed by atoms with Gasteiger partial charge in [0.1, 0.15) is 12.4 Å². The van der Waals surface area contributed by atoms with Crippen LogP contribution >= 0.6 is 0 Å². The molecule has 1 N–H and O–H groups in total. The van der Waals surface area contributed by atoms with Crippen molar-refractivity contribution in [1.29, 1.82) is 0 Å². The van der Waals surface area contributed by atoms with Gasteiger partial charge in [-0.05, 0) is 49.8 Å². The maximum Gasteiger partial charge on any atom is 0.338 e. The lowest BCUT2D eigenvalue weighted by molar-refractivity contribution is -0.142. The van der Waals surface area contributed by atoms with Crippen LogP contribution in [0, 0.1) is 0 Å². The maximum atomic E-state index is 12.6. The molecule has 6 heteroatoms. The summed E-state index contributed by atoms with van der Waals surface area (Å²) in [6.45, 7) is 3.57. The molecule has 6 nitrogen and oxygen atoms in total. The molecule has 0 fully saturated rings. The van der Waals surface area contributed by atoms with Crippen LogP contribution in [0.25, 0.3) is 6.08 Å². The number of amides is 1. The summed E-state index contributed by atoms with van der Waals surface area (Å²) in [5.41, 5.74) is 2.17. The number of fused-ring (bicyclic) bond motifs is 1. The van der Waals surface area contributed by atoms with E-state index in [0.717, 1.165) is 12.0 Å². The highest BCUT2D eigenvalue weighted by Crippen LogP contribution is 2.26. The van der Waals surface area contributed by atoms with E-state index >= 15 is 0 Å². The number of rotatable bonds is 7. The Bertz CT molecular complexity index is 946. The molecule has 2 aromatic carbocycles. The highest BCUT2D eigenvalue weighted by Gasteiger charge is 2.24. The van der Waals surface area contributed by atoms with Crippen molar-refractivity contribution in [1.82, 2.24) is 0 Å². The average Bonchev–Trinajstić information content (AvgIpc) is 2.73. The first kappa shape index (κ1) is 20.3. The summed E-state index contributed by atoms with van der Waals surface area (Å²) < 4.78 is 10.9. The number of carbonyl (C=O) groups is 3. The van der Waals surface area contributed by atoms with Crippen LogP contribution in [0.2, 0.25) is 0 Å². The van der Waals surface area contributed by atoms with Crippen molar-refractivity contribution in [2.45, 2.75) is 32.8 Å². The number of para-hydroxylation sites is 1. The number of benzene rings is 2. The van der Waals surface area contributed by atoms with Gasteiger partial charge in [-0.2, -0.15) is 0 Å². The molecule has 1 amide bonds. The zero-order valence-electron chi connectivity index (χ0n) is 16.4. The average molecular weight is 393 g/mol. The fourth-order valence-electron chi connectivity index (χ4n) is 2.93. The second-order valence-corrected chi connectivity index (χ2v) is 6.78. The Balaban J connectivity index is 1.61. The zero-order valence-corrected chi connectivity index (χ0v) is 16.4. The maximum absolute atomic E-state index is 12.6. The number of hydrogen-bond acceptors (Lipinski definition) is 5. The van der Waals surface area contributed by atoms with Crippen LogP contribution < -0.4 is 10.1 Å². The van der Waals surface area contributed by atoms with Gasteiger partial charge in [0.25, 0.3) is 0 Å². The topological polar surface area (TPSA) is 81.7 Å². The van der Waals surface area contributed by atoms with Crippen LogP contribution in [-0.2, 0) is 14.3 Å². The fourth-order valence-corrected chi connectivity index (χ4v) is 2.93. The molecule has 0 aliphatic carbocycles. The zero-order chi connectivity index (χ0) is 20.8. The van der Waals surface area contributed by atoms with Gasteiger partial charge < -0.3 is 14.8 Å². The number of anilines is 1. The first-order valence-electron chi connectivity index (χ1n) is 9.55. The molecule has 1 aliphatic rings. The third-order valence-corrected chi connectivity index (χ3v) is 4.48. The number of ether oxygens (including phenoxy) is 2. The van der Waals surface area contributed by atoms with E-state index < -0.39 is 12.1 Å². The molecule has 1 aliphatic heterocycles. The van der Waals surface area contributed by atoms with Crippen LogP contribution in [0.5, 0.6) is 5.75 Å². The Kier molecular flexibility index (Phi) is 6.44. The summed E-state index contributed by atoms with van der Waals surface area (Å²) in [7, 11) is 0. The van der Waals surface area contributed by atoms with Crippen molar-refractivity contribution < 1.29 is 23.9 Å². The first-order chi connectivity index (χ1) is 14.0. The van der Waals surface area contributed by atoms with Crippen molar-refractivity contribution in [2.75, 3.05) is 11.9 Å². The van der Waals surface area contributed by atoms with E-state index in [2.05, 4.69) is 5.32 Å². The summed E-state index contributed by atoms with van der Waals surface area (Å²) in [4.78, 5) is 36.6. The first-order valence-corrected chi connectivity index (χ1v) is 9.55. The van der Waals surface area contributed by atoms with E-state index in [1.165, 1.54) is 6.92 Å². The van der Waals surface area contributed by atoms with E-state index in [4.69, 9.17) is 9.47 Å². The van der Waals surface area contributed by atoms with Crippen molar-refractivity contribution in [3.8, 4) is 5.75 Å². The molecule has 0 spiro atoms. The highest BCUT2D eigenvalue weighted by atomic mass is 16.5. The summed E-state index contributed by atoms with van der Waals surface area (Å²) in [6.07, 6.45) is 1.98. The molecular weight excluding hydrogens is 370 g/mol. The fraction of sp³-hybridized carbons (Fsp3) is 0.261. The normalized spacial score (nSPS) is 13.4. The molecule has 150 valence electrons. The van der Waals surface area contributed by atoms with E-state index in [0.29, 0.717) is 29.0 Å². The smallest absolute Gasteiger partial charge is 0.338 e. The van der Waals surface area contributed by atoms with Crippen LogP contribution in [0.15, 0.2) is 54.1 Å². The lowest BCUT2D eigenvalue weighted by Gasteiger charge is -2.19. The molecule has 0 radical (unpaired) electrons. The van der Waals surface area contributed by atoms with E-state index in [9.17, 15) is 14.4 Å². The van der Waals surface area contributed by atoms with Crippen LogP contribution in [0.1, 0.15) is 42.6 Å². The van der Waals surface area contributed by atoms with Gasteiger partial charge in [-0.3, -0.25) is 9.59 Å². The standard InChI is InChI=1S/C23H23NO5/c1-3-6-21(25)24-19-11-9-16(10-12-19)22(26)15(2)29-23(27)18-13-17-7-4-5-8-20(17)28-14-18/h4-5,7-13,15H,3,6,14H2,1-2H3,(H,24,25)/t15-/m1/s1. The Labute approximate surface area is 169 Å². The third-order valence-electron chi connectivity index (χ3n) is 4.48. The van der Waals surface area contributed by atoms with Gasteiger partial charge >= 0.3 is 5.97 Å². The van der Waals surface area contributed by atoms with Crippen molar-refractivity contribution >= 4 is 29.4 Å². The number of ketones is 1. The summed E-state index contributed by atoms with van der Waals surface area (Å²) >= 11 is 0. The monoisotopic (exact) mass is 393 g/mol. The molecule has 1 heterocycles. The van der Waals surface area contributed by atoms with Crippen LogP contribution in [0.4, 0.5) is 5.69 Å². The molecule has 1 atom stereocenters. The van der Waals surface area contributed by atoms with Gasteiger partial charge in [-0.1, -0.05) is 25.1 Å². The molecule has 2 aromatic rings. The second kappa shape index (κ2) is 9.19. The minimum atomic E-state index is -0.943. The van der Waals surface area contributed by atoms with E-state index in [-0.39, 0.29) is 18.3 Å². The van der Waals surface area contributed by atoms with Crippen molar-refractivity contribution in [3.63, 3.8) is 0 Å². The molecule has 0 saturated carbocycles. The molecule has 0 aromatic heterocycles. The minimum Gasteiger partial charge on any atom is -0.488 e. The van der Waals surface area contributed by atoms with Gasteiger partial charge in [-0.25, -0.2) is 4.79 Å². The molecule has 3 rings (SSSR count). The number of nitrogens with one attached hydrogen (secondary N) is 1. The molecule has 29 heavy (non-hydrogen) atoms. The van der Waals surface area contributed by atoms with Crippen molar-refractivity contribution in [3.05, 3.63) is 65.2 Å². The SMILES string of the molecule is CCCC(=O)Nc1ccc(C(=O)[C@@H](C)OC(=O)C2=Cc3ccccc3OC2)cc1. The molecule has 0 bridgehead atoms. The third kappa shape index (κ3) is 5.10. The largest absolute Gasteiger partial charge is 0.488 e. The number of hydrogen-bond donors (Lipinski definition) is 1. The summed E-state index contributed by atoms with van der Waals surface area (Å²) in [5.74, 6) is -0.260. The van der Waals surface area contributed by atoms with Gasteiger partial charge in [-0.15, -0.1) is 0 Å². The predicted molar refractivity (Wildman–Crippen MR) is 110 cm³/mol. The Morgan fingerprint density at radius 3 is 2.55 bits per heavy atom. The Morgan fingerprint density at radius 1 is 1.10 bits per heavy atom. The Hall–Kier alpha value is -3.41. The van der Waals surface area contributed by atoms with E-state index in [1.54, 1.807) is 30.3 Å². The molecular formula is C23H23NO5. The lowest BCUT2D eigenvalue weighted by atomic mass is 10.1. The van der Waals surface area contributed by atoms with Crippen molar-refractivity contribution in [2.24, 2.45) is 0 Å². The molecule has 0 saturated heterocycles. The second-order valence-electron chi connectivity index (χ2n) is 6.78. The van der Waals surface area contributed by atoms with Gasteiger partial charge in [0.2, 0.25) is 11.7 Å². The summed E-state index contributed by atoms with van der Waals surface area (Å²) in [6, 6.07) is 13.9. The quantitative estimate of drug-likeness (QED) is 0.568. The van der Waals surface area contributed by atoms with Gasteiger partial charge in [0, 0.05) is 23.2 Å². The molecule has 0 unspecified atom stereocenters. The Morgan fingerprint density at radius 2 is 1.83 bits per heavy atom.